The van der Waals surface area contributed by atoms with Crippen LogP contribution < -0.4 is 9.47 Å². The van der Waals surface area contributed by atoms with E-state index in [9.17, 15) is 9.59 Å². The number of carbonyl (C=O) groups is 2. The largest absolute Gasteiger partial charge is 0.497 e. The maximum atomic E-state index is 12.7. The normalized spacial score (nSPS) is 14.3. The van der Waals surface area contributed by atoms with Crippen LogP contribution in [0, 0.1) is 6.92 Å². The Morgan fingerprint density at radius 1 is 0.641 bits per heavy atom. The number of allylic oxidation sites excluding steroid dienone is 8. The molecule has 0 N–H and O–H groups in total. The predicted octanol–water partition coefficient (Wildman–Crippen LogP) is 7.68. The fraction of sp³-hybridized carbons (Fsp3) is 0.114. The molecule has 3 aromatic carbocycles. The standard InChI is InChI=1S/C35H28O4/c1-24-3-9-27(10-4-24)34(36)28-11-5-25(6-12-28)23-26-7-17-32(18-8-26)39-33-21-15-30(16-22-33)35(37)29-13-19-31(38-2)20-14-29/h3-5,7,9-22H,6,8H2,1-2H3. The third-order valence-electron chi connectivity index (χ3n) is 6.58. The fourth-order valence-corrected chi connectivity index (χ4v) is 4.30. The van der Waals surface area contributed by atoms with Crippen LogP contribution in [0.1, 0.15) is 44.7 Å². The average molecular weight is 513 g/mol. The molecule has 0 amide bonds. The maximum absolute atomic E-state index is 12.7. The summed E-state index contributed by atoms with van der Waals surface area (Å²) in [5, 5.41) is 0. The van der Waals surface area contributed by atoms with Crippen LogP contribution >= 0.6 is 0 Å². The number of Topliss-reactive ketones (excluding diaryl/α,β-unsaturated/α-hetero) is 1. The highest BCUT2D eigenvalue weighted by Crippen LogP contribution is 2.24. The highest BCUT2D eigenvalue weighted by atomic mass is 16.5. The van der Waals surface area contributed by atoms with Gasteiger partial charge in [-0.2, -0.15) is 0 Å². The van der Waals surface area contributed by atoms with E-state index in [0.717, 1.165) is 22.5 Å². The molecule has 0 saturated heterocycles. The Labute approximate surface area is 228 Å². The summed E-state index contributed by atoms with van der Waals surface area (Å²) in [5.74, 6) is 2.10. The van der Waals surface area contributed by atoms with E-state index in [1.165, 1.54) is 0 Å². The van der Waals surface area contributed by atoms with E-state index in [0.29, 0.717) is 46.6 Å². The van der Waals surface area contributed by atoms with Gasteiger partial charge < -0.3 is 9.47 Å². The monoisotopic (exact) mass is 512 g/mol. The van der Waals surface area contributed by atoms with Gasteiger partial charge in [0.15, 0.2) is 11.6 Å². The molecule has 0 fully saturated rings. The van der Waals surface area contributed by atoms with Crippen LogP contribution in [0.25, 0.3) is 0 Å². The van der Waals surface area contributed by atoms with Gasteiger partial charge in [-0.25, -0.2) is 0 Å². The van der Waals surface area contributed by atoms with Crippen molar-refractivity contribution >= 4 is 11.6 Å². The van der Waals surface area contributed by atoms with E-state index in [1.807, 2.05) is 67.6 Å². The first-order valence-electron chi connectivity index (χ1n) is 12.8. The number of hydrogen-bond acceptors (Lipinski definition) is 4. The molecule has 0 saturated carbocycles. The second-order valence-electron chi connectivity index (χ2n) is 9.40. The van der Waals surface area contributed by atoms with Gasteiger partial charge in [-0.1, -0.05) is 48.1 Å². The minimum atomic E-state index is -0.0537. The van der Waals surface area contributed by atoms with Crippen molar-refractivity contribution in [3.05, 3.63) is 160 Å². The van der Waals surface area contributed by atoms with Crippen molar-refractivity contribution < 1.29 is 19.1 Å². The van der Waals surface area contributed by atoms with Crippen LogP contribution in [0.15, 0.2) is 137 Å². The summed E-state index contributed by atoms with van der Waals surface area (Å²) in [6, 6.07) is 21.9. The van der Waals surface area contributed by atoms with Crippen LogP contribution in [0.4, 0.5) is 0 Å². The molecule has 39 heavy (non-hydrogen) atoms. The number of ether oxygens (including phenoxy) is 2. The third-order valence-corrected chi connectivity index (χ3v) is 6.58. The molecule has 192 valence electrons. The average Bonchev–Trinajstić information content (AvgIpc) is 2.99. The van der Waals surface area contributed by atoms with Gasteiger partial charge >= 0.3 is 0 Å². The van der Waals surface area contributed by atoms with Crippen molar-refractivity contribution in [2.75, 3.05) is 7.11 Å². The number of methoxy groups -OCH3 is 1. The summed E-state index contributed by atoms with van der Waals surface area (Å²) in [6.07, 6.45) is 13.1. The van der Waals surface area contributed by atoms with Crippen molar-refractivity contribution in [3.63, 3.8) is 0 Å². The molecule has 4 heteroatoms. The molecule has 0 bridgehead atoms. The molecule has 0 atom stereocenters. The summed E-state index contributed by atoms with van der Waals surface area (Å²) in [4.78, 5) is 25.5. The van der Waals surface area contributed by atoms with Crippen LogP contribution in [0.2, 0.25) is 0 Å². The summed E-state index contributed by atoms with van der Waals surface area (Å²) < 4.78 is 11.1. The molecule has 0 radical (unpaired) electrons. The number of benzene rings is 3. The first kappa shape index (κ1) is 25.7. The van der Waals surface area contributed by atoms with E-state index >= 15 is 0 Å². The van der Waals surface area contributed by atoms with Gasteiger partial charge in [0.1, 0.15) is 17.3 Å². The van der Waals surface area contributed by atoms with Crippen LogP contribution in [-0.4, -0.2) is 18.7 Å². The zero-order valence-electron chi connectivity index (χ0n) is 21.9. The van der Waals surface area contributed by atoms with Gasteiger partial charge in [-0.05, 0) is 91.2 Å². The van der Waals surface area contributed by atoms with Crippen molar-refractivity contribution in [2.24, 2.45) is 0 Å². The molecule has 0 heterocycles. The Bertz CT molecular complexity index is 1590. The molecule has 2 aliphatic carbocycles. The lowest BCUT2D eigenvalue weighted by Crippen LogP contribution is -2.03. The van der Waals surface area contributed by atoms with Gasteiger partial charge in [0, 0.05) is 28.7 Å². The minimum absolute atomic E-state index is 0.0402. The van der Waals surface area contributed by atoms with E-state index in [2.05, 4.69) is 5.73 Å². The molecule has 0 aliphatic heterocycles. The Morgan fingerprint density at radius 3 is 1.72 bits per heavy atom. The Balaban J connectivity index is 1.18. The third kappa shape index (κ3) is 6.32. The first-order chi connectivity index (χ1) is 19.0. The fourth-order valence-electron chi connectivity index (χ4n) is 4.30. The maximum Gasteiger partial charge on any atom is 0.193 e. The van der Waals surface area contributed by atoms with Crippen LogP contribution in [-0.2, 0) is 0 Å². The van der Waals surface area contributed by atoms with Crippen LogP contribution in [0.3, 0.4) is 0 Å². The SMILES string of the molecule is COc1ccc(C(=O)c2ccc(OC3=CCC(=C=C4C=CC(C(=O)c5ccc(C)cc5)=CC4)C=C3)cc2)cc1. The second kappa shape index (κ2) is 11.6. The number of aryl methyl sites for hydroxylation is 1. The Morgan fingerprint density at radius 2 is 1.18 bits per heavy atom. The lowest BCUT2D eigenvalue weighted by molar-refractivity contribution is 0.103. The van der Waals surface area contributed by atoms with Crippen molar-refractivity contribution in [1.29, 1.82) is 0 Å². The van der Waals surface area contributed by atoms with Gasteiger partial charge in [-0.15, -0.1) is 5.73 Å². The molecule has 0 spiro atoms. The number of carbonyl (C=O) groups excluding carboxylic acids is 2. The molecule has 3 aromatic rings. The van der Waals surface area contributed by atoms with E-state index < -0.39 is 0 Å². The van der Waals surface area contributed by atoms with E-state index in [4.69, 9.17) is 9.47 Å². The number of rotatable bonds is 7. The summed E-state index contributed by atoms with van der Waals surface area (Å²) >= 11 is 0. The lowest BCUT2D eigenvalue weighted by atomic mass is 9.95. The van der Waals surface area contributed by atoms with Gasteiger partial charge in [-0.3, -0.25) is 9.59 Å². The molecular formula is C35H28O4. The predicted molar refractivity (Wildman–Crippen MR) is 153 cm³/mol. The van der Waals surface area contributed by atoms with Crippen molar-refractivity contribution in [1.82, 2.24) is 0 Å². The number of ketones is 2. The highest BCUT2D eigenvalue weighted by Gasteiger charge is 2.13. The van der Waals surface area contributed by atoms with Gasteiger partial charge in [0.25, 0.3) is 0 Å². The van der Waals surface area contributed by atoms with Crippen molar-refractivity contribution in [2.45, 2.75) is 19.8 Å². The van der Waals surface area contributed by atoms with Gasteiger partial charge in [0.2, 0.25) is 0 Å². The zero-order valence-corrected chi connectivity index (χ0v) is 21.9. The van der Waals surface area contributed by atoms with Gasteiger partial charge in [0.05, 0.1) is 7.11 Å². The molecule has 2 aliphatic rings. The lowest BCUT2D eigenvalue weighted by Gasteiger charge is -2.11. The molecule has 5 rings (SSSR count). The quantitative estimate of drug-likeness (QED) is 0.241. The van der Waals surface area contributed by atoms with E-state index in [-0.39, 0.29) is 11.6 Å². The second-order valence-corrected chi connectivity index (χ2v) is 9.40. The molecule has 0 unspecified atom stereocenters. The number of hydrogen-bond donors (Lipinski definition) is 0. The summed E-state index contributed by atoms with van der Waals surface area (Å²) in [5.41, 5.74) is 9.27. The minimum Gasteiger partial charge on any atom is -0.497 e. The Kier molecular flexibility index (Phi) is 7.68. The van der Waals surface area contributed by atoms with E-state index in [1.54, 1.807) is 55.6 Å². The molecule has 4 nitrogen and oxygen atoms in total. The summed E-state index contributed by atoms with van der Waals surface area (Å²) in [7, 11) is 1.60. The highest BCUT2D eigenvalue weighted by molar-refractivity contribution is 6.11. The molecule has 0 aromatic heterocycles. The van der Waals surface area contributed by atoms with Crippen molar-refractivity contribution in [3.8, 4) is 11.5 Å². The summed E-state index contributed by atoms with van der Waals surface area (Å²) in [6.45, 7) is 2.01. The van der Waals surface area contributed by atoms with Crippen LogP contribution in [0.5, 0.6) is 11.5 Å². The topological polar surface area (TPSA) is 52.6 Å². The molecular weight excluding hydrogens is 484 g/mol. The Hall–Kier alpha value is -4.92. The smallest absolute Gasteiger partial charge is 0.193 e. The first-order valence-corrected chi connectivity index (χ1v) is 12.8. The zero-order chi connectivity index (χ0) is 27.2.